The first-order valence-corrected chi connectivity index (χ1v) is 8.55. The zero-order chi connectivity index (χ0) is 20.8. The highest BCUT2D eigenvalue weighted by atomic mass is 16.6. The van der Waals surface area contributed by atoms with Crippen LogP contribution in [0.3, 0.4) is 0 Å². The fourth-order valence-corrected chi connectivity index (χ4v) is 2.66. The van der Waals surface area contributed by atoms with E-state index in [1.807, 2.05) is 30.3 Å². The molecule has 9 heteroatoms. The molecule has 29 heavy (non-hydrogen) atoms. The van der Waals surface area contributed by atoms with Gasteiger partial charge in [-0.2, -0.15) is 0 Å². The fourth-order valence-electron chi connectivity index (χ4n) is 2.66. The maximum absolute atomic E-state index is 12.9. The summed E-state index contributed by atoms with van der Waals surface area (Å²) in [5.74, 6) is 0. The predicted octanol–water partition coefficient (Wildman–Crippen LogP) is 4.74. The van der Waals surface area contributed by atoms with Crippen molar-refractivity contribution in [2.75, 3.05) is 10.2 Å². The molecule has 0 aliphatic carbocycles. The number of carbonyl (C=O) groups is 1. The summed E-state index contributed by atoms with van der Waals surface area (Å²) in [5.41, 5.74) is 1.56. The third-order valence-corrected chi connectivity index (χ3v) is 4.13. The third-order valence-electron chi connectivity index (χ3n) is 4.13. The molecule has 0 aliphatic rings. The predicted molar refractivity (Wildman–Crippen MR) is 108 cm³/mol. The number of nitro groups is 2. The number of urea groups is 1. The lowest BCUT2D eigenvalue weighted by Crippen LogP contribution is -2.34. The number of nitrogens with one attached hydrogen (secondary N) is 1. The number of anilines is 2. The standard InChI is InChI=1S/C20H16N4O5/c25-20(21-16-6-8-18(9-7-16)23(26)27)22(14-15-4-2-1-3-5-15)17-10-12-19(13-11-17)24(28)29/h1-13H,14H2,(H,21,25). The minimum absolute atomic E-state index is 0.0795. The summed E-state index contributed by atoms with van der Waals surface area (Å²) in [6, 6.07) is 19.9. The van der Waals surface area contributed by atoms with Gasteiger partial charge in [0.05, 0.1) is 16.4 Å². The molecule has 0 saturated heterocycles. The molecule has 0 saturated carbocycles. The summed E-state index contributed by atoms with van der Waals surface area (Å²) < 4.78 is 0. The molecule has 1 N–H and O–H groups in total. The second kappa shape index (κ2) is 8.61. The van der Waals surface area contributed by atoms with Gasteiger partial charge in [-0.15, -0.1) is 0 Å². The van der Waals surface area contributed by atoms with Crippen LogP contribution in [0.4, 0.5) is 27.5 Å². The molecule has 0 aliphatic heterocycles. The lowest BCUT2D eigenvalue weighted by Gasteiger charge is -2.23. The maximum Gasteiger partial charge on any atom is 0.326 e. The van der Waals surface area contributed by atoms with Crippen LogP contribution in [0, 0.1) is 20.2 Å². The van der Waals surface area contributed by atoms with Crippen LogP contribution in [0.5, 0.6) is 0 Å². The van der Waals surface area contributed by atoms with Crippen molar-refractivity contribution >= 4 is 28.8 Å². The Kier molecular flexibility index (Phi) is 5.79. The van der Waals surface area contributed by atoms with Gasteiger partial charge >= 0.3 is 6.03 Å². The van der Waals surface area contributed by atoms with Gasteiger partial charge in [0.25, 0.3) is 11.4 Å². The number of nitro benzene ring substituents is 2. The van der Waals surface area contributed by atoms with E-state index in [0.29, 0.717) is 11.4 Å². The number of non-ortho nitro benzene ring substituents is 2. The van der Waals surface area contributed by atoms with E-state index in [0.717, 1.165) is 5.56 Å². The maximum atomic E-state index is 12.9. The third kappa shape index (κ3) is 4.92. The van der Waals surface area contributed by atoms with Crippen LogP contribution in [0.25, 0.3) is 0 Å². The van der Waals surface area contributed by atoms with Crippen LogP contribution in [-0.4, -0.2) is 15.9 Å². The summed E-state index contributed by atoms with van der Waals surface area (Å²) in [5, 5.41) is 24.4. The molecule has 0 aromatic heterocycles. The Balaban J connectivity index is 1.85. The van der Waals surface area contributed by atoms with Gasteiger partial charge in [-0.1, -0.05) is 30.3 Å². The quantitative estimate of drug-likeness (QED) is 0.480. The monoisotopic (exact) mass is 392 g/mol. The summed E-state index contributed by atoms with van der Waals surface area (Å²) in [7, 11) is 0. The van der Waals surface area contributed by atoms with Gasteiger partial charge in [-0.3, -0.25) is 25.1 Å². The lowest BCUT2D eigenvalue weighted by atomic mass is 10.2. The molecular formula is C20H16N4O5. The van der Waals surface area contributed by atoms with Gasteiger partial charge in [0.15, 0.2) is 0 Å². The SMILES string of the molecule is O=C(Nc1ccc([N+](=O)[O-])cc1)N(Cc1ccccc1)c1ccc([N+](=O)[O-])cc1. The van der Waals surface area contributed by atoms with Crippen molar-refractivity contribution in [2.24, 2.45) is 0 Å². The summed E-state index contributed by atoms with van der Waals surface area (Å²) in [6.07, 6.45) is 0. The fraction of sp³-hybridized carbons (Fsp3) is 0.0500. The van der Waals surface area contributed by atoms with Crippen LogP contribution >= 0.6 is 0 Å². The Morgan fingerprint density at radius 2 is 1.31 bits per heavy atom. The second-order valence-corrected chi connectivity index (χ2v) is 6.08. The first-order valence-electron chi connectivity index (χ1n) is 8.55. The molecule has 3 aromatic carbocycles. The van der Waals surface area contributed by atoms with Crippen LogP contribution < -0.4 is 10.2 Å². The lowest BCUT2D eigenvalue weighted by molar-refractivity contribution is -0.385. The van der Waals surface area contributed by atoms with Crippen molar-refractivity contribution in [1.29, 1.82) is 0 Å². The summed E-state index contributed by atoms with van der Waals surface area (Å²) in [4.78, 5) is 35.0. The molecule has 3 rings (SSSR count). The highest BCUT2D eigenvalue weighted by molar-refractivity contribution is 6.01. The first kappa shape index (κ1) is 19.5. The zero-order valence-corrected chi connectivity index (χ0v) is 15.1. The molecular weight excluding hydrogens is 376 g/mol. The van der Waals surface area contributed by atoms with Gasteiger partial charge in [0.2, 0.25) is 0 Å². The average molecular weight is 392 g/mol. The van der Waals surface area contributed by atoms with Crippen molar-refractivity contribution in [1.82, 2.24) is 0 Å². The second-order valence-electron chi connectivity index (χ2n) is 6.08. The molecule has 0 unspecified atom stereocenters. The number of hydrogen-bond donors (Lipinski definition) is 1. The van der Waals surface area contributed by atoms with E-state index >= 15 is 0 Å². The number of hydrogen-bond acceptors (Lipinski definition) is 5. The Bertz CT molecular complexity index is 1020. The number of benzene rings is 3. The van der Waals surface area contributed by atoms with Gasteiger partial charge in [-0.05, 0) is 29.8 Å². The number of amides is 2. The highest BCUT2D eigenvalue weighted by Crippen LogP contribution is 2.23. The largest absolute Gasteiger partial charge is 0.326 e. The zero-order valence-electron chi connectivity index (χ0n) is 15.1. The van der Waals surface area contributed by atoms with Crippen LogP contribution in [0.15, 0.2) is 78.9 Å². The van der Waals surface area contributed by atoms with Crippen LogP contribution in [0.2, 0.25) is 0 Å². The smallest absolute Gasteiger partial charge is 0.308 e. The van der Waals surface area contributed by atoms with Crippen LogP contribution in [-0.2, 0) is 6.54 Å². The van der Waals surface area contributed by atoms with Crippen LogP contribution in [0.1, 0.15) is 5.56 Å². The number of rotatable bonds is 6. The molecule has 0 radical (unpaired) electrons. The Morgan fingerprint density at radius 3 is 1.83 bits per heavy atom. The Hall–Kier alpha value is -4.27. The molecule has 0 fully saturated rings. The molecule has 146 valence electrons. The number of carbonyl (C=O) groups excluding carboxylic acids is 1. The minimum Gasteiger partial charge on any atom is -0.308 e. The first-order chi connectivity index (χ1) is 13.9. The van der Waals surface area contributed by atoms with Crippen molar-refractivity contribution in [3.8, 4) is 0 Å². The molecule has 0 spiro atoms. The van der Waals surface area contributed by atoms with Crippen molar-refractivity contribution < 1.29 is 14.6 Å². The topological polar surface area (TPSA) is 119 Å². The number of nitrogens with zero attached hydrogens (tertiary/aromatic N) is 3. The van der Waals surface area contributed by atoms with E-state index in [2.05, 4.69) is 5.32 Å². The van der Waals surface area contributed by atoms with E-state index in [1.165, 1.54) is 53.4 Å². The van der Waals surface area contributed by atoms with Crippen molar-refractivity contribution in [2.45, 2.75) is 6.54 Å². The highest BCUT2D eigenvalue weighted by Gasteiger charge is 2.18. The summed E-state index contributed by atoms with van der Waals surface area (Å²) in [6.45, 7) is 0.234. The van der Waals surface area contributed by atoms with Gasteiger partial charge < -0.3 is 5.32 Å². The summed E-state index contributed by atoms with van der Waals surface area (Å²) >= 11 is 0. The van der Waals surface area contributed by atoms with Crippen molar-refractivity contribution in [3.63, 3.8) is 0 Å². The molecule has 9 nitrogen and oxygen atoms in total. The molecule has 0 atom stereocenters. The normalized spacial score (nSPS) is 10.2. The van der Waals surface area contributed by atoms with Gasteiger partial charge in [0, 0.05) is 35.6 Å². The van der Waals surface area contributed by atoms with Gasteiger partial charge in [-0.25, -0.2) is 4.79 Å². The van der Waals surface area contributed by atoms with E-state index in [4.69, 9.17) is 0 Å². The van der Waals surface area contributed by atoms with Gasteiger partial charge in [0.1, 0.15) is 0 Å². The molecule has 0 bridgehead atoms. The molecule has 3 aromatic rings. The molecule has 0 heterocycles. The van der Waals surface area contributed by atoms with Crippen molar-refractivity contribution in [3.05, 3.63) is 105 Å². The minimum atomic E-state index is -0.524. The average Bonchev–Trinajstić information content (AvgIpc) is 2.73. The van der Waals surface area contributed by atoms with E-state index in [-0.39, 0.29) is 17.9 Å². The molecule has 2 amide bonds. The Morgan fingerprint density at radius 1 is 0.793 bits per heavy atom. The van der Waals surface area contributed by atoms with E-state index in [9.17, 15) is 25.0 Å². The van der Waals surface area contributed by atoms with E-state index < -0.39 is 15.9 Å². The Labute approximate surface area is 165 Å². The van der Waals surface area contributed by atoms with E-state index in [1.54, 1.807) is 0 Å².